The number of ether oxygens (including phenoxy) is 2. The summed E-state index contributed by atoms with van der Waals surface area (Å²) in [6.07, 6.45) is 5.33. The van der Waals surface area contributed by atoms with Crippen LogP contribution >= 0.6 is 0 Å². The van der Waals surface area contributed by atoms with Crippen molar-refractivity contribution in [3.63, 3.8) is 0 Å². The van der Waals surface area contributed by atoms with E-state index in [1.807, 2.05) is 58.1 Å². The Labute approximate surface area is 244 Å². The lowest BCUT2D eigenvalue weighted by Gasteiger charge is -2.43. The van der Waals surface area contributed by atoms with E-state index in [9.17, 15) is 14.7 Å². The maximum absolute atomic E-state index is 13.7. The van der Waals surface area contributed by atoms with E-state index in [2.05, 4.69) is 10.3 Å². The molecule has 1 amide bonds. The lowest BCUT2D eigenvalue weighted by molar-refractivity contribution is -0.158. The Hall–Kier alpha value is -4.15. The van der Waals surface area contributed by atoms with Crippen molar-refractivity contribution < 1.29 is 19.4 Å². The summed E-state index contributed by atoms with van der Waals surface area (Å²) >= 11 is 0. The molecule has 0 saturated carbocycles. The van der Waals surface area contributed by atoms with E-state index >= 15 is 0 Å². The number of aromatic nitrogens is 3. The highest BCUT2D eigenvalue weighted by Gasteiger charge is 2.48. The molecule has 2 atom stereocenters. The first-order valence-corrected chi connectivity index (χ1v) is 14.5. The predicted octanol–water partition coefficient (Wildman–Crippen LogP) is 2.95. The summed E-state index contributed by atoms with van der Waals surface area (Å²) in [6, 6.07) is 17.1. The van der Waals surface area contributed by atoms with Gasteiger partial charge in [0.2, 0.25) is 0 Å². The van der Waals surface area contributed by atoms with Crippen molar-refractivity contribution in [1.82, 2.24) is 24.3 Å². The molecule has 2 aromatic carbocycles. The van der Waals surface area contributed by atoms with Gasteiger partial charge in [-0.25, -0.2) is 4.98 Å². The normalized spacial score (nSPS) is 21.4. The molecule has 2 aliphatic heterocycles. The Morgan fingerprint density at radius 1 is 1.07 bits per heavy atom. The molecule has 0 radical (unpaired) electrons. The zero-order valence-corrected chi connectivity index (χ0v) is 24.0. The number of methoxy groups -OCH3 is 2. The number of nitrogens with one attached hydrogen (secondary N) is 1. The third-order valence-corrected chi connectivity index (χ3v) is 8.82. The number of carbonyl (C=O) groups is 1. The van der Waals surface area contributed by atoms with Crippen LogP contribution in [0.25, 0.3) is 16.7 Å². The Kier molecular flexibility index (Phi) is 7.74. The summed E-state index contributed by atoms with van der Waals surface area (Å²) in [4.78, 5) is 33.6. The number of likely N-dealkylation sites (tertiary alicyclic amines) is 1. The molecule has 2 fully saturated rings. The molecule has 220 valence electrons. The summed E-state index contributed by atoms with van der Waals surface area (Å²) in [7, 11) is 3.20. The quantitative estimate of drug-likeness (QED) is 0.351. The monoisotopic (exact) mass is 571 g/mol. The first-order chi connectivity index (χ1) is 20.4. The number of nitrogens with zero attached hydrogens (tertiary/aromatic N) is 4. The molecule has 6 rings (SSSR count). The minimum Gasteiger partial charge on any atom is -0.497 e. The summed E-state index contributed by atoms with van der Waals surface area (Å²) < 4.78 is 14.3. The number of amides is 1. The van der Waals surface area contributed by atoms with E-state index in [1.165, 1.54) is 0 Å². The topological polar surface area (TPSA) is 111 Å². The zero-order valence-electron chi connectivity index (χ0n) is 24.0. The molecule has 10 nitrogen and oxygen atoms in total. The summed E-state index contributed by atoms with van der Waals surface area (Å²) in [5.74, 6) is 1.04. The van der Waals surface area contributed by atoms with E-state index in [1.54, 1.807) is 37.2 Å². The zero-order chi connectivity index (χ0) is 29.3. The second kappa shape index (κ2) is 11.6. The van der Waals surface area contributed by atoms with Gasteiger partial charge in [-0.2, -0.15) is 0 Å². The van der Waals surface area contributed by atoms with Gasteiger partial charge in [-0.15, -0.1) is 0 Å². The molecule has 2 N–H and O–H groups in total. The third-order valence-electron chi connectivity index (χ3n) is 8.82. The van der Waals surface area contributed by atoms with E-state index in [4.69, 9.17) is 9.47 Å². The van der Waals surface area contributed by atoms with Crippen LogP contribution in [0.5, 0.6) is 11.5 Å². The highest BCUT2D eigenvalue weighted by atomic mass is 16.5. The molecule has 10 heteroatoms. The average molecular weight is 572 g/mol. The van der Waals surface area contributed by atoms with Crippen molar-refractivity contribution in [1.29, 1.82) is 0 Å². The van der Waals surface area contributed by atoms with Gasteiger partial charge in [0.25, 0.3) is 11.5 Å². The summed E-state index contributed by atoms with van der Waals surface area (Å²) in [5.41, 5.74) is 0.799. The Balaban J connectivity index is 1.15. The number of piperidine rings is 2. The van der Waals surface area contributed by atoms with Crippen molar-refractivity contribution in [2.45, 2.75) is 37.3 Å². The minimum absolute atomic E-state index is 0.0955. The van der Waals surface area contributed by atoms with Crippen molar-refractivity contribution in [3.8, 4) is 17.2 Å². The summed E-state index contributed by atoms with van der Waals surface area (Å²) in [5, 5.41) is 15.6. The molecule has 0 unspecified atom stereocenters. The molecular weight excluding hydrogens is 534 g/mol. The largest absolute Gasteiger partial charge is 0.497 e. The maximum Gasteiger partial charge on any atom is 0.262 e. The molecule has 4 aromatic rings. The molecule has 0 spiro atoms. The Morgan fingerprint density at radius 2 is 1.79 bits per heavy atom. The number of rotatable bonds is 7. The van der Waals surface area contributed by atoms with Crippen molar-refractivity contribution in [2.24, 2.45) is 5.92 Å². The highest BCUT2D eigenvalue weighted by molar-refractivity contribution is 5.86. The fraction of sp³-hybridized carbons (Fsp3) is 0.406. The maximum atomic E-state index is 13.7. The second-order valence-electron chi connectivity index (χ2n) is 11.3. The Bertz CT molecular complexity index is 1600. The number of hydrogen-bond donors (Lipinski definition) is 2. The molecule has 2 aliphatic rings. The lowest BCUT2D eigenvalue weighted by atomic mass is 9.76. The van der Waals surface area contributed by atoms with Crippen LogP contribution in [-0.2, 0) is 11.3 Å². The summed E-state index contributed by atoms with van der Waals surface area (Å²) in [6.45, 7) is 2.81. The number of fused-ring (bicyclic) bond motifs is 1. The molecule has 42 heavy (non-hydrogen) atoms. The standard InChI is InChI=1S/C32H37N5O5/c1-41-25-16-24(17-26(18-25)42-2)37-15-10-27-29(37)34-21-36(30(27)38)20-22-8-13-35(14-9-22)31(39)32(40)11-12-33-19-28(32)23-6-4-3-5-7-23/h3-7,10,15-18,21-22,28,33,40H,8-9,11-14,19-20H2,1-2H3/t28-,32+/m0/s1. The molecular formula is C32H37N5O5. The highest BCUT2D eigenvalue weighted by Crippen LogP contribution is 2.36. The van der Waals surface area contributed by atoms with E-state index < -0.39 is 5.60 Å². The number of carbonyl (C=O) groups excluding carboxylic acids is 1. The van der Waals surface area contributed by atoms with Crippen molar-refractivity contribution in [3.05, 3.63) is 83.0 Å². The van der Waals surface area contributed by atoms with Gasteiger partial charge in [0.15, 0.2) is 11.2 Å². The number of hydrogen-bond acceptors (Lipinski definition) is 7. The second-order valence-corrected chi connectivity index (χ2v) is 11.3. The number of benzene rings is 2. The van der Waals surface area contributed by atoms with Gasteiger partial charge in [-0.3, -0.25) is 14.2 Å². The van der Waals surface area contributed by atoms with Crippen molar-refractivity contribution >= 4 is 16.9 Å². The fourth-order valence-corrected chi connectivity index (χ4v) is 6.40. The number of aliphatic hydroxyl groups is 1. The molecule has 0 aliphatic carbocycles. The van der Waals surface area contributed by atoms with Crippen LogP contribution in [0.4, 0.5) is 0 Å². The average Bonchev–Trinajstić information content (AvgIpc) is 3.48. The predicted molar refractivity (Wildman–Crippen MR) is 159 cm³/mol. The first kappa shape index (κ1) is 28.0. The van der Waals surface area contributed by atoms with Crippen LogP contribution in [0.15, 0.2) is 71.9 Å². The molecule has 4 heterocycles. The van der Waals surface area contributed by atoms with E-state index in [-0.39, 0.29) is 23.3 Å². The first-order valence-electron chi connectivity index (χ1n) is 14.5. The smallest absolute Gasteiger partial charge is 0.262 e. The van der Waals surface area contributed by atoms with Gasteiger partial charge in [0.05, 0.1) is 31.6 Å². The van der Waals surface area contributed by atoms with Crippen LogP contribution in [0, 0.1) is 5.92 Å². The van der Waals surface area contributed by atoms with Gasteiger partial charge in [0.1, 0.15) is 11.5 Å². The van der Waals surface area contributed by atoms with Gasteiger partial charge < -0.3 is 29.4 Å². The van der Waals surface area contributed by atoms with Crippen LogP contribution in [0.2, 0.25) is 0 Å². The lowest BCUT2D eigenvalue weighted by Crippen LogP contribution is -2.59. The van der Waals surface area contributed by atoms with Gasteiger partial charge >= 0.3 is 0 Å². The molecule has 2 aromatic heterocycles. The van der Waals surface area contributed by atoms with Crippen molar-refractivity contribution in [2.75, 3.05) is 40.4 Å². The van der Waals surface area contributed by atoms with Crippen LogP contribution < -0.4 is 20.3 Å². The Morgan fingerprint density at radius 3 is 2.48 bits per heavy atom. The fourth-order valence-electron chi connectivity index (χ4n) is 6.40. The molecule has 2 saturated heterocycles. The van der Waals surface area contributed by atoms with Gasteiger partial charge in [-0.1, -0.05) is 30.3 Å². The SMILES string of the molecule is COc1cc(OC)cc(-n2ccc3c(=O)n(CC4CCN(C(=O)[C@@]5(O)CCNC[C@H]5c5ccccc5)CC4)cnc32)c1. The van der Waals surface area contributed by atoms with Crippen LogP contribution in [-0.4, -0.2) is 76.0 Å². The van der Waals surface area contributed by atoms with E-state index in [0.29, 0.717) is 61.7 Å². The molecule has 0 bridgehead atoms. The van der Waals surface area contributed by atoms with E-state index in [0.717, 1.165) is 24.1 Å². The van der Waals surface area contributed by atoms with Crippen LogP contribution in [0.1, 0.15) is 30.7 Å². The van der Waals surface area contributed by atoms with Crippen LogP contribution in [0.3, 0.4) is 0 Å². The van der Waals surface area contributed by atoms with Gasteiger partial charge in [0, 0.05) is 56.5 Å². The van der Waals surface area contributed by atoms with Gasteiger partial charge in [-0.05, 0) is 43.4 Å². The third kappa shape index (κ3) is 5.16. The minimum atomic E-state index is -1.43.